The normalized spacial score (nSPS) is 9.29. The fraction of sp³-hybridized carbons (Fsp3) is 0.222. The summed E-state index contributed by atoms with van der Waals surface area (Å²) in [6.07, 6.45) is 1.39. The SMILES string of the molecule is COc1cc(CN=C=O)c(O)cc1Cl. The molecule has 0 heterocycles. The monoisotopic (exact) mass is 213 g/mol. The lowest BCUT2D eigenvalue weighted by Gasteiger charge is -2.06. The minimum absolute atomic E-state index is 0.0187. The van der Waals surface area contributed by atoms with E-state index in [0.717, 1.165) is 0 Å². The molecule has 1 aromatic rings. The first-order valence-electron chi connectivity index (χ1n) is 3.78. The van der Waals surface area contributed by atoms with Crippen molar-refractivity contribution in [1.29, 1.82) is 0 Å². The number of rotatable bonds is 3. The van der Waals surface area contributed by atoms with Crippen molar-refractivity contribution in [2.75, 3.05) is 7.11 Å². The van der Waals surface area contributed by atoms with Crippen molar-refractivity contribution in [2.45, 2.75) is 6.54 Å². The average Bonchev–Trinajstić information content (AvgIpc) is 2.17. The van der Waals surface area contributed by atoms with Crippen LogP contribution < -0.4 is 4.74 Å². The summed E-state index contributed by atoms with van der Waals surface area (Å²) in [5, 5.41) is 9.72. The Morgan fingerprint density at radius 1 is 1.64 bits per heavy atom. The fourth-order valence-electron chi connectivity index (χ4n) is 0.986. The Morgan fingerprint density at radius 3 is 2.93 bits per heavy atom. The minimum atomic E-state index is -0.0187. The number of hydrogen-bond acceptors (Lipinski definition) is 4. The highest BCUT2D eigenvalue weighted by atomic mass is 35.5. The van der Waals surface area contributed by atoms with Crippen LogP contribution >= 0.6 is 11.6 Å². The molecule has 0 atom stereocenters. The van der Waals surface area contributed by atoms with E-state index in [-0.39, 0.29) is 12.3 Å². The third-order valence-corrected chi connectivity index (χ3v) is 1.96. The van der Waals surface area contributed by atoms with Gasteiger partial charge in [-0.15, -0.1) is 0 Å². The average molecular weight is 214 g/mol. The zero-order valence-corrected chi connectivity index (χ0v) is 8.21. The van der Waals surface area contributed by atoms with Gasteiger partial charge in [0, 0.05) is 11.6 Å². The van der Waals surface area contributed by atoms with Crippen LogP contribution in [0.5, 0.6) is 11.5 Å². The largest absolute Gasteiger partial charge is 0.508 e. The first kappa shape index (κ1) is 10.6. The van der Waals surface area contributed by atoms with E-state index in [1.165, 1.54) is 25.3 Å². The number of isocyanates is 1. The molecule has 0 saturated heterocycles. The molecule has 1 aromatic carbocycles. The number of phenols is 1. The van der Waals surface area contributed by atoms with Crippen molar-refractivity contribution in [3.63, 3.8) is 0 Å². The number of halogens is 1. The second-order valence-corrected chi connectivity index (χ2v) is 2.93. The summed E-state index contributed by atoms with van der Waals surface area (Å²) >= 11 is 5.74. The molecule has 5 heteroatoms. The number of phenolic OH excluding ortho intramolecular Hbond substituents is 1. The zero-order valence-electron chi connectivity index (χ0n) is 7.45. The molecule has 1 N–H and O–H groups in total. The molecule has 0 fully saturated rings. The van der Waals surface area contributed by atoms with E-state index >= 15 is 0 Å². The molecule has 0 saturated carbocycles. The smallest absolute Gasteiger partial charge is 0.235 e. The van der Waals surface area contributed by atoms with Crippen molar-refractivity contribution >= 4 is 17.7 Å². The van der Waals surface area contributed by atoms with Crippen LogP contribution in [0.25, 0.3) is 0 Å². The van der Waals surface area contributed by atoms with Crippen LogP contribution in [0, 0.1) is 0 Å². The Morgan fingerprint density at radius 2 is 2.36 bits per heavy atom. The number of aromatic hydroxyl groups is 1. The summed E-state index contributed by atoms with van der Waals surface area (Å²) in [6, 6.07) is 2.87. The molecule has 0 radical (unpaired) electrons. The minimum Gasteiger partial charge on any atom is -0.508 e. The highest BCUT2D eigenvalue weighted by molar-refractivity contribution is 6.32. The zero-order chi connectivity index (χ0) is 10.6. The van der Waals surface area contributed by atoms with E-state index in [2.05, 4.69) is 4.99 Å². The molecular formula is C9H8ClNO3. The van der Waals surface area contributed by atoms with Crippen LogP contribution in [-0.4, -0.2) is 18.3 Å². The van der Waals surface area contributed by atoms with Gasteiger partial charge in [-0.3, -0.25) is 0 Å². The number of methoxy groups -OCH3 is 1. The molecule has 0 aliphatic carbocycles. The molecule has 0 aliphatic heterocycles. The quantitative estimate of drug-likeness (QED) is 0.616. The van der Waals surface area contributed by atoms with E-state index in [1.54, 1.807) is 0 Å². The van der Waals surface area contributed by atoms with Gasteiger partial charge in [0.1, 0.15) is 11.5 Å². The Kier molecular flexibility index (Phi) is 3.51. The van der Waals surface area contributed by atoms with E-state index in [9.17, 15) is 9.90 Å². The van der Waals surface area contributed by atoms with Crippen LogP contribution in [0.4, 0.5) is 0 Å². The van der Waals surface area contributed by atoms with Crippen LogP contribution in [-0.2, 0) is 11.3 Å². The predicted octanol–water partition coefficient (Wildman–Crippen LogP) is 1.89. The topological polar surface area (TPSA) is 58.9 Å². The fourth-order valence-corrected chi connectivity index (χ4v) is 1.22. The van der Waals surface area contributed by atoms with E-state index in [0.29, 0.717) is 16.3 Å². The van der Waals surface area contributed by atoms with Gasteiger partial charge in [0.25, 0.3) is 0 Å². The molecule has 74 valence electrons. The lowest BCUT2D eigenvalue weighted by atomic mass is 10.2. The number of ether oxygens (including phenoxy) is 1. The third-order valence-electron chi connectivity index (χ3n) is 1.67. The molecule has 0 aromatic heterocycles. The van der Waals surface area contributed by atoms with Gasteiger partial charge in [0.05, 0.1) is 18.7 Å². The van der Waals surface area contributed by atoms with Gasteiger partial charge in [0.15, 0.2) is 0 Å². The van der Waals surface area contributed by atoms with Gasteiger partial charge in [-0.2, -0.15) is 0 Å². The van der Waals surface area contributed by atoms with Crippen molar-refractivity contribution in [2.24, 2.45) is 4.99 Å². The van der Waals surface area contributed by atoms with Gasteiger partial charge in [-0.25, -0.2) is 9.79 Å². The van der Waals surface area contributed by atoms with Gasteiger partial charge in [-0.1, -0.05) is 11.6 Å². The van der Waals surface area contributed by atoms with E-state index in [4.69, 9.17) is 16.3 Å². The maximum absolute atomic E-state index is 9.88. The summed E-state index contributed by atoms with van der Waals surface area (Å²) in [5.74, 6) is 0.412. The first-order valence-corrected chi connectivity index (χ1v) is 4.16. The van der Waals surface area contributed by atoms with Crippen molar-refractivity contribution in [1.82, 2.24) is 0 Å². The maximum Gasteiger partial charge on any atom is 0.235 e. The second kappa shape index (κ2) is 4.65. The molecule has 0 unspecified atom stereocenters. The first-order chi connectivity index (χ1) is 6.69. The summed E-state index contributed by atoms with van der Waals surface area (Å²) in [4.78, 5) is 13.2. The Labute approximate surface area is 85.8 Å². The summed E-state index contributed by atoms with van der Waals surface area (Å²) in [5.41, 5.74) is 0.467. The highest BCUT2D eigenvalue weighted by Crippen LogP contribution is 2.31. The molecule has 0 aliphatic rings. The lowest BCUT2D eigenvalue weighted by molar-refractivity contribution is 0.411. The number of benzene rings is 1. The summed E-state index contributed by atoms with van der Waals surface area (Å²) in [7, 11) is 1.46. The molecule has 4 nitrogen and oxygen atoms in total. The Bertz CT molecular complexity index is 386. The van der Waals surface area contributed by atoms with E-state index < -0.39 is 0 Å². The van der Waals surface area contributed by atoms with Gasteiger partial charge in [-0.05, 0) is 6.07 Å². The molecule has 0 bridgehead atoms. The van der Waals surface area contributed by atoms with Crippen LogP contribution in [0.15, 0.2) is 17.1 Å². The Hall–Kier alpha value is -1.51. The number of carbonyl (C=O) groups excluding carboxylic acids is 1. The summed E-state index contributed by atoms with van der Waals surface area (Å²) in [6.45, 7) is 0.0584. The van der Waals surface area contributed by atoms with Gasteiger partial charge < -0.3 is 9.84 Å². The Balaban J connectivity index is 3.10. The lowest BCUT2D eigenvalue weighted by Crippen LogP contribution is -1.88. The second-order valence-electron chi connectivity index (χ2n) is 2.52. The molecular weight excluding hydrogens is 206 g/mol. The maximum atomic E-state index is 9.88. The van der Waals surface area contributed by atoms with Crippen molar-refractivity contribution < 1.29 is 14.6 Å². The highest BCUT2D eigenvalue weighted by Gasteiger charge is 2.07. The number of aliphatic imine (C=N–C) groups is 1. The molecule has 0 spiro atoms. The van der Waals surface area contributed by atoms with Crippen LogP contribution in [0.2, 0.25) is 5.02 Å². The van der Waals surface area contributed by atoms with Gasteiger partial charge >= 0.3 is 0 Å². The molecule has 1 rings (SSSR count). The number of nitrogens with zero attached hydrogens (tertiary/aromatic N) is 1. The van der Waals surface area contributed by atoms with E-state index in [1.807, 2.05) is 0 Å². The summed E-state index contributed by atoms with van der Waals surface area (Å²) < 4.78 is 4.94. The predicted molar refractivity (Wildman–Crippen MR) is 51.5 cm³/mol. The van der Waals surface area contributed by atoms with Crippen LogP contribution in [0.3, 0.4) is 0 Å². The number of hydrogen-bond donors (Lipinski definition) is 1. The van der Waals surface area contributed by atoms with Crippen molar-refractivity contribution in [3.05, 3.63) is 22.7 Å². The standard InChI is InChI=1S/C9H8ClNO3/c1-14-9-2-6(4-11-5-12)8(13)3-7(9)10/h2-3,13H,4H2,1H3. The third kappa shape index (κ3) is 2.25. The molecule has 14 heavy (non-hydrogen) atoms. The van der Waals surface area contributed by atoms with Crippen molar-refractivity contribution in [3.8, 4) is 11.5 Å². The van der Waals surface area contributed by atoms with Crippen LogP contribution in [0.1, 0.15) is 5.56 Å². The molecule has 0 amide bonds. The van der Waals surface area contributed by atoms with Gasteiger partial charge in [0.2, 0.25) is 6.08 Å².